The topological polar surface area (TPSA) is 58.9 Å². The standard InChI is InChI=1S/C19H31NO3/c21-16-8-4-5-9-17-23-19-13-11-18(12-14-19)10-6-2-1-3-7-15-20-22/h11-14,21H,1-10,15-17H2. The van der Waals surface area contributed by atoms with Crippen molar-refractivity contribution in [2.24, 2.45) is 5.18 Å². The molecule has 0 atom stereocenters. The first-order chi connectivity index (χ1) is 11.4. The average molecular weight is 321 g/mol. The molecule has 130 valence electrons. The minimum absolute atomic E-state index is 0.290. The van der Waals surface area contributed by atoms with Gasteiger partial charge in [-0.15, -0.1) is 0 Å². The van der Waals surface area contributed by atoms with Crippen molar-refractivity contribution in [2.75, 3.05) is 19.8 Å². The fourth-order valence-corrected chi connectivity index (χ4v) is 2.55. The second-order valence-corrected chi connectivity index (χ2v) is 6.00. The SMILES string of the molecule is O=NCCCCCCCc1ccc(OCCCCCCO)cc1. The Morgan fingerprint density at radius 2 is 1.48 bits per heavy atom. The van der Waals surface area contributed by atoms with Gasteiger partial charge in [-0.1, -0.05) is 43.0 Å². The molecule has 0 aromatic heterocycles. The van der Waals surface area contributed by atoms with E-state index in [0.717, 1.165) is 57.3 Å². The van der Waals surface area contributed by atoms with Crippen LogP contribution in [0.4, 0.5) is 0 Å². The molecule has 23 heavy (non-hydrogen) atoms. The first-order valence-corrected chi connectivity index (χ1v) is 8.98. The van der Waals surface area contributed by atoms with E-state index in [2.05, 4.69) is 29.4 Å². The van der Waals surface area contributed by atoms with Crippen molar-refractivity contribution in [1.29, 1.82) is 0 Å². The van der Waals surface area contributed by atoms with Gasteiger partial charge in [0.25, 0.3) is 0 Å². The quantitative estimate of drug-likeness (QED) is 0.370. The summed E-state index contributed by atoms with van der Waals surface area (Å²) in [5, 5.41) is 11.6. The third-order valence-electron chi connectivity index (χ3n) is 3.96. The van der Waals surface area contributed by atoms with E-state index in [4.69, 9.17) is 9.84 Å². The number of ether oxygens (including phenoxy) is 1. The van der Waals surface area contributed by atoms with Gasteiger partial charge >= 0.3 is 0 Å². The zero-order valence-electron chi connectivity index (χ0n) is 14.2. The molecule has 0 unspecified atom stereocenters. The van der Waals surface area contributed by atoms with Crippen LogP contribution in [0, 0.1) is 4.91 Å². The molecule has 0 saturated carbocycles. The number of aliphatic hydroxyl groups is 1. The number of nitrogens with zero attached hydrogens (tertiary/aromatic N) is 1. The van der Waals surface area contributed by atoms with Gasteiger partial charge in [-0.2, -0.15) is 4.91 Å². The number of unbranched alkanes of at least 4 members (excludes halogenated alkanes) is 7. The van der Waals surface area contributed by atoms with Gasteiger partial charge in [-0.3, -0.25) is 0 Å². The van der Waals surface area contributed by atoms with E-state index in [1.807, 2.05) is 0 Å². The zero-order chi connectivity index (χ0) is 16.6. The average Bonchev–Trinajstić information content (AvgIpc) is 2.58. The molecular formula is C19H31NO3. The Labute approximate surface area is 140 Å². The number of aryl methyl sites for hydroxylation is 1. The maximum Gasteiger partial charge on any atom is 0.119 e. The smallest absolute Gasteiger partial charge is 0.119 e. The molecule has 0 spiro atoms. The van der Waals surface area contributed by atoms with Gasteiger partial charge in [0.2, 0.25) is 0 Å². The van der Waals surface area contributed by atoms with Crippen LogP contribution in [0.25, 0.3) is 0 Å². The highest BCUT2D eigenvalue weighted by Crippen LogP contribution is 2.15. The van der Waals surface area contributed by atoms with Crippen LogP contribution in [-0.2, 0) is 6.42 Å². The first-order valence-electron chi connectivity index (χ1n) is 8.98. The molecule has 0 radical (unpaired) electrons. The molecule has 0 fully saturated rings. The maximum atomic E-state index is 9.96. The van der Waals surface area contributed by atoms with Crippen LogP contribution in [0.2, 0.25) is 0 Å². The van der Waals surface area contributed by atoms with Crippen LogP contribution in [-0.4, -0.2) is 24.9 Å². The highest BCUT2D eigenvalue weighted by Gasteiger charge is 1.97. The Hall–Kier alpha value is -1.42. The van der Waals surface area contributed by atoms with E-state index in [-0.39, 0.29) is 6.61 Å². The number of aliphatic hydroxyl groups excluding tert-OH is 1. The summed E-state index contributed by atoms with van der Waals surface area (Å²) in [5.74, 6) is 0.942. The largest absolute Gasteiger partial charge is 0.494 e. The second kappa shape index (κ2) is 14.2. The molecule has 4 nitrogen and oxygen atoms in total. The lowest BCUT2D eigenvalue weighted by atomic mass is 10.1. The summed E-state index contributed by atoms with van der Waals surface area (Å²) < 4.78 is 5.72. The Morgan fingerprint density at radius 3 is 2.22 bits per heavy atom. The molecular weight excluding hydrogens is 290 g/mol. The van der Waals surface area contributed by atoms with E-state index in [9.17, 15) is 4.91 Å². The molecule has 4 heteroatoms. The lowest BCUT2D eigenvalue weighted by molar-refractivity contribution is 0.273. The normalized spacial score (nSPS) is 10.7. The molecule has 0 aliphatic heterocycles. The fraction of sp³-hybridized carbons (Fsp3) is 0.684. The number of nitroso groups, excluding NO2 is 1. The first kappa shape index (κ1) is 19.6. The van der Waals surface area contributed by atoms with E-state index in [1.165, 1.54) is 24.8 Å². The van der Waals surface area contributed by atoms with Crippen LogP contribution in [0.15, 0.2) is 29.4 Å². The van der Waals surface area contributed by atoms with Crippen molar-refractivity contribution in [1.82, 2.24) is 0 Å². The number of rotatable bonds is 15. The summed E-state index contributed by atoms with van der Waals surface area (Å²) in [7, 11) is 0. The molecule has 0 heterocycles. The molecule has 1 aromatic rings. The van der Waals surface area contributed by atoms with Gasteiger partial charge in [0.1, 0.15) is 5.75 Å². The Bertz CT molecular complexity index is 392. The lowest BCUT2D eigenvalue weighted by Gasteiger charge is -2.07. The number of hydrogen-bond donors (Lipinski definition) is 1. The summed E-state index contributed by atoms with van der Waals surface area (Å²) in [5.41, 5.74) is 1.36. The van der Waals surface area contributed by atoms with Gasteiger partial charge < -0.3 is 9.84 Å². The second-order valence-electron chi connectivity index (χ2n) is 6.00. The van der Waals surface area contributed by atoms with Gasteiger partial charge in [0.05, 0.1) is 13.2 Å². The summed E-state index contributed by atoms with van der Waals surface area (Å²) in [6, 6.07) is 8.41. The van der Waals surface area contributed by atoms with Crippen molar-refractivity contribution < 1.29 is 9.84 Å². The molecule has 1 aromatic carbocycles. The number of benzene rings is 1. The van der Waals surface area contributed by atoms with Crippen molar-refractivity contribution in [2.45, 2.75) is 64.2 Å². The third-order valence-corrected chi connectivity index (χ3v) is 3.96. The molecule has 0 aliphatic rings. The van der Waals surface area contributed by atoms with E-state index >= 15 is 0 Å². The van der Waals surface area contributed by atoms with Crippen LogP contribution in [0.3, 0.4) is 0 Å². The molecule has 1 rings (SSSR count). The van der Waals surface area contributed by atoms with Gasteiger partial charge in [0, 0.05) is 6.61 Å². The highest BCUT2D eigenvalue weighted by molar-refractivity contribution is 5.27. The Kier molecular flexibility index (Phi) is 12.1. The molecule has 0 bridgehead atoms. The van der Waals surface area contributed by atoms with Gasteiger partial charge in [-0.05, 0) is 56.2 Å². The Balaban J connectivity index is 2.05. The molecule has 0 amide bonds. The predicted molar refractivity (Wildman–Crippen MR) is 94.9 cm³/mol. The fourth-order valence-electron chi connectivity index (χ4n) is 2.55. The van der Waals surface area contributed by atoms with Crippen molar-refractivity contribution in [3.8, 4) is 5.75 Å². The minimum atomic E-state index is 0.290. The van der Waals surface area contributed by atoms with Gasteiger partial charge in [0.15, 0.2) is 0 Å². The summed E-state index contributed by atoms with van der Waals surface area (Å²) in [4.78, 5) is 9.96. The van der Waals surface area contributed by atoms with Gasteiger partial charge in [-0.25, -0.2) is 0 Å². The van der Waals surface area contributed by atoms with Crippen LogP contribution in [0.5, 0.6) is 5.75 Å². The Morgan fingerprint density at radius 1 is 0.826 bits per heavy atom. The van der Waals surface area contributed by atoms with Crippen LogP contribution < -0.4 is 4.74 Å². The van der Waals surface area contributed by atoms with Crippen molar-refractivity contribution >= 4 is 0 Å². The molecule has 0 aliphatic carbocycles. The van der Waals surface area contributed by atoms with Crippen LogP contribution in [0.1, 0.15) is 63.4 Å². The van der Waals surface area contributed by atoms with Crippen molar-refractivity contribution in [3.05, 3.63) is 34.7 Å². The predicted octanol–water partition coefficient (Wildman–Crippen LogP) is 4.88. The summed E-state index contributed by atoms with van der Waals surface area (Å²) in [6.07, 6.45) is 10.9. The molecule has 1 N–H and O–H groups in total. The number of hydrogen-bond acceptors (Lipinski definition) is 4. The van der Waals surface area contributed by atoms with E-state index in [0.29, 0.717) is 6.54 Å². The third kappa shape index (κ3) is 10.9. The summed E-state index contributed by atoms with van der Waals surface area (Å²) >= 11 is 0. The molecule has 0 saturated heterocycles. The summed E-state index contributed by atoms with van der Waals surface area (Å²) in [6.45, 7) is 1.50. The minimum Gasteiger partial charge on any atom is -0.494 e. The van der Waals surface area contributed by atoms with Crippen molar-refractivity contribution in [3.63, 3.8) is 0 Å². The zero-order valence-corrected chi connectivity index (χ0v) is 14.2. The van der Waals surface area contributed by atoms with E-state index in [1.54, 1.807) is 0 Å². The highest BCUT2D eigenvalue weighted by atomic mass is 16.5. The van der Waals surface area contributed by atoms with E-state index < -0.39 is 0 Å². The lowest BCUT2D eigenvalue weighted by Crippen LogP contribution is -1.98. The maximum absolute atomic E-state index is 9.96. The van der Waals surface area contributed by atoms with Crippen LogP contribution >= 0.6 is 0 Å². The monoisotopic (exact) mass is 321 g/mol.